The fourth-order valence-corrected chi connectivity index (χ4v) is 4.48. The third-order valence-electron chi connectivity index (χ3n) is 4.32. The van der Waals surface area contributed by atoms with E-state index in [-0.39, 0.29) is 20.9 Å². The van der Waals surface area contributed by atoms with Crippen LogP contribution in [0.5, 0.6) is 0 Å². The standard InChI is InChI=1S/C20H18Cl3N5O3S/c1-13-18(20(23)26-28(13)16-6-4-3-5-7-16)11-24-25-19(29)12-27(32(2,30)31)17-9-14(21)8-15(22)10-17/h3-11H,12H2,1-2H3,(H,25,29)/b24-11-. The molecule has 1 aromatic heterocycles. The lowest BCUT2D eigenvalue weighted by Crippen LogP contribution is -2.39. The predicted molar refractivity (Wildman–Crippen MR) is 128 cm³/mol. The molecule has 1 heterocycles. The van der Waals surface area contributed by atoms with Crippen LogP contribution in [0.15, 0.2) is 53.6 Å². The number of hydrogen-bond acceptors (Lipinski definition) is 5. The lowest BCUT2D eigenvalue weighted by atomic mass is 10.2. The van der Waals surface area contributed by atoms with E-state index in [4.69, 9.17) is 34.8 Å². The van der Waals surface area contributed by atoms with Crippen molar-refractivity contribution in [3.63, 3.8) is 0 Å². The fourth-order valence-electron chi connectivity index (χ4n) is 2.87. The number of carbonyl (C=O) groups is 1. The topological polar surface area (TPSA) is 96.7 Å². The molecule has 0 aliphatic heterocycles. The highest BCUT2D eigenvalue weighted by atomic mass is 35.5. The number of para-hydroxylation sites is 1. The second-order valence-electron chi connectivity index (χ2n) is 6.73. The van der Waals surface area contributed by atoms with Crippen molar-refractivity contribution in [1.82, 2.24) is 15.2 Å². The Kier molecular flexibility index (Phi) is 7.45. The van der Waals surface area contributed by atoms with E-state index in [0.717, 1.165) is 16.2 Å². The summed E-state index contributed by atoms with van der Waals surface area (Å²) in [6, 6.07) is 13.6. The van der Waals surface area contributed by atoms with Crippen molar-refractivity contribution in [2.75, 3.05) is 17.1 Å². The summed E-state index contributed by atoms with van der Waals surface area (Å²) >= 11 is 18.1. The van der Waals surface area contributed by atoms with Gasteiger partial charge in [0, 0.05) is 10.0 Å². The van der Waals surface area contributed by atoms with E-state index in [1.807, 2.05) is 37.3 Å². The first kappa shape index (κ1) is 24.1. The van der Waals surface area contributed by atoms with Gasteiger partial charge in [0.25, 0.3) is 5.91 Å². The molecule has 32 heavy (non-hydrogen) atoms. The van der Waals surface area contributed by atoms with Crippen molar-refractivity contribution in [1.29, 1.82) is 0 Å². The number of aromatic nitrogens is 2. The molecule has 0 radical (unpaired) electrons. The summed E-state index contributed by atoms with van der Waals surface area (Å²) < 4.78 is 26.9. The molecule has 0 aliphatic rings. The molecule has 0 bridgehead atoms. The molecule has 1 N–H and O–H groups in total. The Morgan fingerprint density at radius 1 is 1.16 bits per heavy atom. The third kappa shape index (κ3) is 5.80. The second-order valence-corrected chi connectivity index (χ2v) is 9.87. The Morgan fingerprint density at radius 2 is 1.78 bits per heavy atom. The Morgan fingerprint density at radius 3 is 2.38 bits per heavy atom. The first-order valence-corrected chi connectivity index (χ1v) is 12.1. The summed E-state index contributed by atoms with van der Waals surface area (Å²) in [6.07, 6.45) is 2.32. The van der Waals surface area contributed by atoms with Gasteiger partial charge in [-0.15, -0.1) is 0 Å². The van der Waals surface area contributed by atoms with Crippen LogP contribution in [-0.4, -0.2) is 43.1 Å². The molecule has 0 saturated heterocycles. The number of amides is 1. The summed E-state index contributed by atoms with van der Waals surface area (Å²) in [5.41, 5.74) is 4.50. The number of halogens is 3. The first-order chi connectivity index (χ1) is 15.1. The van der Waals surface area contributed by atoms with Crippen LogP contribution in [0.2, 0.25) is 15.2 Å². The van der Waals surface area contributed by atoms with Crippen molar-refractivity contribution in [2.24, 2.45) is 5.10 Å². The van der Waals surface area contributed by atoms with Crippen molar-refractivity contribution < 1.29 is 13.2 Å². The van der Waals surface area contributed by atoms with Crippen molar-refractivity contribution >= 4 is 62.6 Å². The fraction of sp³-hybridized carbons (Fsp3) is 0.150. The molecular formula is C20H18Cl3N5O3S. The zero-order chi connectivity index (χ0) is 23.5. The molecule has 0 unspecified atom stereocenters. The number of benzene rings is 2. The molecule has 168 valence electrons. The average molecular weight is 515 g/mol. The number of hydrogen-bond donors (Lipinski definition) is 1. The maximum atomic E-state index is 12.4. The quantitative estimate of drug-likeness (QED) is 0.380. The summed E-state index contributed by atoms with van der Waals surface area (Å²) in [6.45, 7) is 1.28. The maximum absolute atomic E-state index is 12.4. The van der Waals surface area contributed by atoms with Crippen molar-refractivity contribution in [3.05, 3.63) is 75.0 Å². The average Bonchev–Trinajstić information content (AvgIpc) is 2.99. The van der Waals surface area contributed by atoms with E-state index >= 15 is 0 Å². The number of carbonyl (C=O) groups excluding carboxylic acids is 1. The molecule has 0 fully saturated rings. The van der Waals surface area contributed by atoms with E-state index in [9.17, 15) is 13.2 Å². The van der Waals surface area contributed by atoms with Gasteiger partial charge >= 0.3 is 0 Å². The van der Waals surface area contributed by atoms with Gasteiger partial charge in [-0.3, -0.25) is 9.10 Å². The number of anilines is 1. The Labute approximate surface area is 200 Å². The van der Waals surface area contributed by atoms with Gasteiger partial charge in [-0.25, -0.2) is 18.5 Å². The van der Waals surface area contributed by atoms with Gasteiger partial charge in [0.1, 0.15) is 6.54 Å². The van der Waals surface area contributed by atoms with Crippen LogP contribution >= 0.6 is 34.8 Å². The lowest BCUT2D eigenvalue weighted by Gasteiger charge is -2.21. The minimum atomic E-state index is -3.80. The second kappa shape index (κ2) is 9.91. The van der Waals surface area contributed by atoms with E-state index in [1.165, 1.54) is 24.4 Å². The molecule has 8 nitrogen and oxygen atoms in total. The number of nitrogens with zero attached hydrogens (tertiary/aromatic N) is 4. The number of sulfonamides is 1. The Hall–Kier alpha value is -2.59. The van der Waals surface area contributed by atoms with Gasteiger partial charge in [0.05, 0.1) is 35.1 Å². The monoisotopic (exact) mass is 513 g/mol. The molecule has 0 aliphatic carbocycles. The summed E-state index contributed by atoms with van der Waals surface area (Å²) in [5, 5.41) is 8.86. The van der Waals surface area contributed by atoms with Crippen LogP contribution in [0.25, 0.3) is 5.69 Å². The molecule has 1 amide bonds. The Balaban J connectivity index is 1.76. The van der Waals surface area contributed by atoms with Crippen LogP contribution in [0.3, 0.4) is 0 Å². The molecule has 3 aromatic rings. The number of nitrogens with one attached hydrogen (secondary N) is 1. The van der Waals surface area contributed by atoms with Gasteiger partial charge in [-0.1, -0.05) is 53.0 Å². The largest absolute Gasteiger partial charge is 0.271 e. The van der Waals surface area contributed by atoms with Crippen LogP contribution in [0.1, 0.15) is 11.3 Å². The predicted octanol–water partition coefficient (Wildman–Crippen LogP) is 4.06. The van der Waals surface area contributed by atoms with Gasteiger partial charge in [0.2, 0.25) is 10.0 Å². The van der Waals surface area contributed by atoms with E-state index in [1.54, 1.807) is 4.68 Å². The molecule has 0 saturated carbocycles. The first-order valence-electron chi connectivity index (χ1n) is 9.12. The minimum absolute atomic E-state index is 0.159. The summed E-state index contributed by atoms with van der Waals surface area (Å²) in [5.74, 6) is -0.674. The van der Waals surface area contributed by atoms with Gasteiger partial charge in [-0.2, -0.15) is 10.2 Å². The molecule has 2 aromatic carbocycles. The zero-order valence-electron chi connectivity index (χ0n) is 17.0. The van der Waals surface area contributed by atoms with Gasteiger partial charge in [-0.05, 0) is 37.3 Å². The van der Waals surface area contributed by atoms with Crippen LogP contribution < -0.4 is 9.73 Å². The maximum Gasteiger partial charge on any atom is 0.260 e. The lowest BCUT2D eigenvalue weighted by molar-refractivity contribution is -0.119. The SMILES string of the molecule is Cc1c(/C=N\NC(=O)CN(c2cc(Cl)cc(Cl)c2)S(C)(=O)=O)c(Cl)nn1-c1ccccc1. The molecule has 0 atom stereocenters. The number of hydrazone groups is 1. The summed E-state index contributed by atoms with van der Waals surface area (Å²) in [4.78, 5) is 12.4. The zero-order valence-corrected chi connectivity index (χ0v) is 20.0. The molecule has 3 rings (SSSR count). The van der Waals surface area contributed by atoms with Crippen LogP contribution in [-0.2, 0) is 14.8 Å². The third-order valence-corrected chi connectivity index (χ3v) is 6.18. The van der Waals surface area contributed by atoms with E-state index < -0.39 is 22.5 Å². The molecular weight excluding hydrogens is 497 g/mol. The Bertz CT molecular complexity index is 1260. The minimum Gasteiger partial charge on any atom is -0.271 e. The highest BCUT2D eigenvalue weighted by molar-refractivity contribution is 7.92. The van der Waals surface area contributed by atoms with Crippen molar-refractivity contribution in [3.8, 4) is 5.69 Å². The smallest absolute Gasteiger partial charge is 0.260 e. The highest BCUT2D eigenvalue weighted by Gasteiger charge is 2.21. The molecule has 0 spiro atoms. The van der Waals surface area contributed by atoms with E-state index in [0.29, 0.717) is 11.3 Å². The van der Waals surface area contributed by atoms with E-state index in [2.05, 4.69) is 15.6 Å². The normalized spacial score (nSPS) is 11.7. The van der Waals surface area contributed by atoms with Gasteiger partial charge in [0.15, 0.2) is 5.15 Å². The molecule has 12 heteroatoms. The van der Waals surface area contributed by atoms with Gasteiger partial charge < -0.3 is 0 Å². The number of rotatable bonds is 7. The van der Waals surface area contributed by atoms with Crippen LogP contribution in [0, 0.1) is 6.92 Å². The highest BCUT2D eigenvalue weighted by Crippen LogP contribution is 2.27. The van der Waals surface area contributed by atoms with Crippen molar-refractivity contribution in [2.45, 2.75) is 6.92 Å². The summed E-state index contributed by atoms with van der Waals surface area (Å²) in [7, 11) is -3.80. The van der Waals surface area contributed by atoms with Crippen LogP contribution in [0.4, 0.5) is 5.69 Å².